The van der Waals surface area contributed by atoms with Crippen LogP contribution < -0.4 is 5.32 Å². The molecule has 0 aliphatic heterocycles. The van der Waals surface area contributed by atoms with Crippen LogP contribution in [-0.4, -0.2) is 11.3 Å². The Kier molecular flexibility index (Phi) is 4.53. The van der Waals surface area contributed by atoms with E-state index in [1.165, 1.54) is 30.0 Å². The van der Waals surface area contributed by atoms with Gasteiger partial charge in [0, 0.05) is 21.9 Å². The summed E-state index contributed by atoms with van der Waals surface area (Å²) < 4.78 is 0. The summed E-state index contributed by atoms with van der Waals surface area (Å²) in [5.74, 6) is 0. The van der Waals surface area contributed by atoms with E-state index < -0.39 is 4.92 Å². The molecule has 0 aliphatic rings. The standard InChI is InChI=1S/C14H9N3O3S/c15-8-10-7-11(17(19)20)5-6-13(10)21-14-4-2-1-3-12(14)16-9-18/h1-7,9H,(H,16,18). The normalized spacial score (nSPS) is 9.67. The molecule has 2 aromatic rings. The first-order valence-corrected chi connectivity index (χ1v) is 6.63. The highest BCUT2D eigenvalue weighted by molar-refractivity contribution is 7.99. The zero-order valence-corrected chi connectivity index (χ0v) is 11.5. The second-order valence-electron chi connectivity index (χ2n) is 3.91. The van der Waals surface area contributed by atoms with Gasteiger partial charge < -0.3 is 5.32 Å². The highest BCUT2D eigenvalue weighted by Crippen LogP contribution is 2.36. The number of carbonyl (C=O) groups is 1. The first-order valence-electron chi connectivity index (χ1n) is 5.81. The molecule has 2 aromatic carbocycles. The van der Waals surface area contributed by atoms with Crippen molar-refractivity contribution in [3.8, 4) is 6.07 Å². The Hall–Kier alpha value is -2.85. The van der Waals surface area contributed by atoms with E-state index in [-0.39, 0.29) is 11.3 Å². The van der Waals surface area contributed by atoms with E-state index in [2.05, 4.69) is 5.32 Å². The van der Waals surface area contributed by atoms with Crippen molar-refractivity contribution in [2.45, 2.75) is 9.79 Å². The maximum Gasteiger partial charge on any atom is 0.270 e. The summed E-state index contributed by atoms with van der Waals surface area (Å²) in [4.78, 5) is 22.1. The molecule has 0 heterocycles. The van der Waals surface area contributed by atoms with Crippen molar-refractivity contribution in [1.82, 2.24) is 0 Å². The van der Waals surface area contributed by atoms with Crippen LogP contribution in [0.3, 0.4) is 0 Å². The molecule has 1 N–H and O–H groups in total. The highest BCUT2D eigenvalue weighted by atomic mass is 32.2. The lowest BCUT2D eigenvalue weighted by molar-refractivity contribution is -0.384. The summed E-state index contributed by atoms with van der Waals surface area (Å²) in [5.41, 5.74) is 0.699. The third-order valence-corrected chi connectivity index (χ3v) is 3.77. The van der Waals surface area contributed by atoms with Gasteiger partial charge in [-0.05, 0) is 18.2 Å². The van der Waals surface area contributed by atoms with Gasteiger partial charge in [-0.25, -0.2) is 0 Å². The zero-order chi connectivity index (χ0) is 15.2. The second-order valence-corrected chi connectivity index (χ2v) is 4.99. The van der Waals surface area contributed by atoms with Gasteiger partial charge in [-0.3, -0.25) is 14.9 Å². The third kappa shape index (κ3) is 3.38. The average Bonchev–Trinajstić information content (AvgIpc) is 2.49. The van der Waals surface area contributed by atoms with Crippen molar-refractivity contribution in [3.63, 3.8) is 0 Å². The molecule has 0 aliphatic carbocycles. The molecule has 1 amide bonds. The predicted molar refractivity (Wildman–Crippen MR) is 78.1 cm³/mol. The first kappa shape index (κ1) is 14.6. The van der Waals surface area contributed by atoms with Gasteiger partial charge in [0.25, 0.3) is 5.69 Å². The number of carbonyl (C=O) groups excluding carboxylic acids is 1. The number of benzene rings is 2. The average molecular weight is 299 g/mol. The number of para-hydroxylation sites is 1. The Morgan fingerprint density at radius 2 is 2.00 bits per heavy atom. The van der Waals surface area contributed by atoms with Gasteiger partial charge in [0.15, 0.2) is 0 Å². The van der Waals surface area contributed by atoms with Gasteiger partial charge in [0.05, 0.1) is 16.2 Å². The van der Waals surface area contributed by atoms with Crippen molar-refractivity contribution in [3.05, 3.63) is 58.1 Å². The number of nitrogens with zero attached hydrogens (tertiary/aromatic N) is 2. The van der Waals surface area contributed by atoms with Gasteiger partial charge >= 0.3 is 0 Å². The van der Waals surface area contributed by atoms with Crippen molar-refractivity contribution in [2.24, 2.45) is 0 Å². The number of nitro groups is 1. The molecule has 7 heteroatoms. The maximum atomic E-state index is 10.7. The lowest BCUT2D eigenvalue weighted by Gasteiger charge is -2.08. The Labute approximate surface area is 124 Å². The van der Waals surface area contributed by atoms with E-state index in [4.69, 9.17) is 5.26 Å². The molecule has 104 valence electrons. The Morgan fingerprint density at radius 1 is 1.24 bits per heavy atom. The van der Waals surface area contributed by atoms with Crippen molar-refractivity contribution in [2.75, 3.05) is 5.32 Å². The lowest BCUT2D eigenvalue weighted by atomic mass is 10.2. The number of amides is 1. The van der Waals surface area contributed by atoms with Crippen LogP contribution in [0.15, 0.2) is 52.3 Å². The summed E-state index contributed by atoms with van der Waals surface area (Å²) in [5, 5.41) is 22.4. The molecular formula is C14H9N3O3S. The maximum absolute atomic E-state index is 10.7. The molecule has 21 heavy (non-hydrogen) atoms. The van der Waals surface area contributed by atoms with E-state index >= 15 is 0 Å². The molecule has 0 bridgehead atoms. The van der Waals surface area contributed by atoms with Crippen LogP contribution in [0.1, 0.15) is 5.56 Å². The zero-order valence-electron chi connectivity index (χ0n) is 10.6. The summed E-state index contributed by atoms with van der Waals surface area (Å²) in [6.07, 6.45) is 0.570. The molecule has 0 unspecified atom stereocenters. The van der Waals surface area contributed by atoms with Gasteiger partial charge in [-0.2, -0.15) is 5.26 Å². The van der Waals surface area contributed by atoms with E-state index in [1.54, 1.807) is 24.3 Å². The van der Waals surface area contributed by atoms with Crippen LogP contribution in [0.2, 0.25) is 0 Å². The Morgan fingerprint density at radius 3 is 2.67 bits per heavy atom. The van der Waals surface area contributed by atoms with Crippen LogP contribution in [0.4, 0.5) is 11.4 Å². The minimum atomic E-state index is -0.544. The van der Waals surface area contributed by atoms with E-state index in [1.807, 2.05) is 6.07 Å². The monoisotopic (exact) mass is 299 g/mol. The third-order valence-electron chi connectivity index (χ3n) is 2.62. The van der Waals surface area contributed by atoms with Crippen LogP contribution >= 0.6 is 11.8 Å². The fraction of sp³-hybridized carbons (Fsp3) is 0. The van der Waals surface area contributed by atoms with Gasteiger partial charge in [0.2, 0.25) is 6.41 Å². The summed E-state index contributed by atoms with van der Waals surface area (Å²) in [6.45, 7) is 0. The molecule has 6 nitrogen and oxygen atoms in total. The minimum absolute atomic E-state index is 0.129. The van der Waals surface area contributed by atoms with Crippen LogP contribution in [0, 0.1) is 21.4 Å². The Bertz CT molecular complexity index is 740. The van der Waals surface area contributed by atoms with E-state index in [0.29, 0.717) is 17.0 Å². The fourth-order valence-electron chi connectivity index (χ4n) is 1.66. The summed E-state index contributed by atoms with van der Waals surface area (Å²) in [6, 6.07) is 13.2. The van der Waals surface area contributed by atoms with Crippen LogP contribution in [0.5, 0.6) is 0 Å². The number of hydrogen-bond donors (Lipinski definition) is 1. The first-order chi connectivity index (χ1) is 10.2. The van der Waals surface area contributed by atoms with Crippen LogP contribution in [-0.2, 0) is 4.79 Å². The second kappa shape index (κ2) is 6.54. The molecule has 0 aromatic heterocycles. The summed E-state index contributed by atoms with van der Waals surface area (Å²) in [7, 11) is 0. The summed E-state index contributed by atoms with van der Waals surface area (Å²) >= 11 is 1.26. The number of anilines is 1. The van der Waals surface area contributed by atoms with Gasteiger partial charge in [-0.15, -0.1) is 0 Å². The number of hydrogen-bond acceptors (Lipinski definition) is 5. The topological polar surface area (TPSA) is 96.0 Å². The molecule has 0 saturated carbocycles. The molecule has 0 radical (unpaired) electrons. The molecule has 2 rings (SSSR count). The van der Waals surface area contributed by atoms with Crippen molar-refractivity contribution >= 4 is 29.5 Å². The number of nitriles is 1. The van der Waals surface area contributed by atoms with E-state index in [9.17, 15) is 14.9 Å². The number of non-ortho nitro benzene ring substituents is 1. The smallest absolute Gasteiger partial charge is 0.270 e. The highest BCUT2D eigenvalue weighted by Gasteiger charge is 2.12. The predicted octanol–water partition coefficient (Wildman–Crippen LogP) is 3.19. The molecule has 0 saturated heterocycles. The minimum Gasteiger partial charge on any atom is -0.328 e. The van der Waals surface area contributed by atoms with Gasteiger partial charge in [-0.1, -0.05) is 23.9 Å². The molecule has 0 atom stereocenters. The van der Waals surface area contributed by atoms with Crippen LogP contribution in [0.25, 0.3) is 0 Å². The molecule has 0 spiro atoms. The number of nitrogens with one attached hydrogen (secondary N) is 1. The number of rotatable bonds is 5. The fourth-order valence-corrected chi connectivity index (χ4v) is 2.64. The van der Waals surface area contributed by atoms with Crippen molar-refractivity contribution in [1.29, 1.82) is 5.26 Å². The van der Waals surface area contributed by atoms with Crippen molar-refractivity contribution < 1.29 is 9.72 Å². The lowest BCUT2D eigenvalue weighted by Crippen LogP contribution is -1.95. The molecular weight excluding hydrogens is 290 g/mol. The largest absolute Gasteiger partial charge is 0.328 e. The van der Waals surface area contributed by atoms with Gasteiger partial charge in [0.1, 0.15) is 6.07 Å². The number of nitro benzene ring substituents is 1. The molecule has 0 fully saturated rings. The quantitative estimate of drug-likeness (QED) is 0.519. The SMILES string of the molecule is N#Cc1cc([N+](=O)[O-])ccc1Sc1ccccc1NC=O. The Balaban J connectivity index is 2.38. The van der Waals surface area contributed by atoms with E-state index in [0.717, 1.165) is 4.90 Å².